The fourth-order valence-electron chi connectivity index (χ4n) is 7.14. The molecule has 2 aliphatic carbocycles. The molecule has 3 nitrogen and oxygen atoms in total. The van der Waals surface area contributed by atoms with Crippen molar-refractivity contribution in [2.45, 2.75) is 148 Å². The standard InChI is InChI=1S/C33H49P.C4H4BrNO2/c1-23(2)26-21-30(24(3)4)33(31(22-26)25(5)6)29-19-13-14-20-32(29)34(27-15-9-7-10-16-27)28-17-11-8-12-18-28;5-6-3(7)1-2-4(6)8/h13-14,19-25,27-28H,7-12,15-18H2,1-6H3;1-2H2. The number of benzene rings is 2. The van der Waals surface area contributed by atoms with Crippen molar-refractivity contribution in [1.82, 2.24) is 3.93 Å². The maximum absolute atomic E-state index is 10.4. The fraction of sp³-hybridized carbons (Fsp3) is 0.622. The van der Waals surface area contributed by atoms with Gasteiger partial charge in [-0.05, 0) is 87.9 Å². The van der Waals surface area contributed by atoms with Gasteiger partial charge in [-0.1, -0.05) is 124 Å². The van der Waals surface area contributed by atoms with Crippen molar-refractivity contribution >= 4 is 41.2 Å². The van der Waals surface area contributed by atoms with E-state index < -0.39 is 0 Å². The van der Waals surface area contributed by atoms with E-state index in [1.807, 2.05) is 0 Å². The van der Waals surface area contributed by atoms with Crippen LogP contribution in [0.2, 0.25) is 0 Å². The van der Waals surface area contributed by atoms with Crippen LogP contribution in [-0.4, -0.2) is 27.1 Å². The molecule has 0 bridgehead atoms. The SMILES string of the molecule is CC(C)c1cc(C(C)C)c(-c2ccccc2P(C2CCCCC2)C2CCCCC2)c(C(C)C)c1.O=C1CCC(=O)N1Br. The Kier molecular flexibility index (Phi) is 12.3. The highest BCUT2D eigenvalue weighted by Gasteiger charge is 2.34. The van der Waals surface area contributed by atoms with Gasteiger partial charge in [0, 0.05) is 12.8 Å². The van der Waals surface area contributed by atoms with Gasteiger partial charge in [0.15, 0.2) is 0 Å². The molecular formula is C37H53BrNO2P. The lowest BCUT2D eigenvalue weighted by molar-refractivity contribution is -0.131. The summed E-state index contributed by atoms with van der Waals surface area (Å²) < 4.78 is 0.979. The lowest BCUT2D eigenvalue weighted by Crippen LogP contribution is -2.27. The molecule has 1 heterocycles. The number of halogens is 1. The van der Waals surface area contributed by atoms with E-state index in [-0.39, 0.29) is 19.7 Å². The molecule has 2 aromatic rings. The second kappa shape index (κ2) is 15.5. The molecule has 2 amide bonds. The van der Waals surface area contributed by atoms with Gasteiger partial charge in [-0.3, -0.25) is 9.59 Å². The Balaban J connectivity index is 0.000000437. The maximum atomic E-state index is 10.4. The molecule has 42 heavy (non-hydrogen) atoms. The molecule has 2 saturated carbocycles. The molecule has 5 rings (SSSR count). The molecule has 1 saturated heterocycles. The molecule has 5 heteroatoms. The molecule has 0 unspecified atom stereocenters. The smallest absolute Gasteiger partial charge is 0.239 e. The minimum Gasteiger partial charge on any atom is -0.274 e. The van der Waals surface area contributed by atoms with Crippen molar-refractivity contribution in [3.63, 3.8) is 0 Å². The third kappa shape index (κ3) is 7.95. The van der Waals surface area contributed by atoms with Crippen LogP contribution in [0.1, 0.15) is 153 Å². The van der Waals surface area contributed by atoms with Gasteiger partial charge >= 0.3 is 0 Å². The van der Waals surface area contributed by atoms with E-state index in [4.69, 9.17) is 0 Å². The predicted molar refractivity (Wildman–Crippen MR) is 184 cm³/mol. The Bertz CT molecular complexity index is 1150. The van der Waals surface area contributed by atoms with Crippen LogP contribution in [0, 0.1) is 0 Å². The van der Waals surface area contributed by atoms with Crippen LogP contribution in [0.25, 0.3) is 11.1 Å². The first-order valence-electron chi connectivity index (χ1n) is 16.7. The van der Waals surface area contributed by atoms with Crippen molar-refractivity contribution in [3.8, 4) is 11.1 Å². The number of imide groups is 1. The van der Waals surface area contributed by atoms with Crippen LogP contribution in [0.3, 0.4) is 0 Å². The summed E-state index contributed by atoms with van der Waals surface area (Å²) in [6.07, 6.45) is 15.3. The highest BCUT2D eigenvalue weighted by molar-refractivity contribution is 9.08. The molecule has 0 aromatic heterocycles. The average Bonchev–Trinajstić information content (AvgIpc) is 3.29. The van der Waals surface area contributed by atoms with E-state index in [2.05, 4.69) is 94.1 Å². The summed E-state index contributed by atoms with van der Waals surface area (Å²) in [7, 11) is -0.120. The summed E-state index contributed by atoms with van der Waals surface area (Å²) in [5, 5.41) is 1.75. The van der Waals surface area contributed by atoms with E-state index in [9.17, 15) is 9.59 Å². The summed E-state index contributed by atoms with van der Waals surface area (Å²) >= 11 is 2.80. The van der Waals surface area contributed by atoms with E-state index >= 15 is 0 Å². The largest absolute Gasteiger partial charge is 0.274 e. The molecule has 0 atom stereocenters. The lowest BCUT2D eigenvalue weighted by Gasteiger charge is -2.40. The van der Waals surface area contributed by atoms with Crippen LogP contribution in [0.5, 0.6) is 0 Å². The first-order valence-corrected chi connectivity index (χ1v) is 18.9. The Morgan fingerprint density at radius 2 is 1.14 bits per heavy atom. The zero-order valence-corrected chi connectivity index (χ0v) is 29.4. The van der Waals surface area contributed by atoms with Gasteiger partial charge in [-0.25, -0.2) is 3.93 Å². The fourth-order valence-corrected chi connectivity index (χ4v) is 11.4. The Hall–Kier alpha value is -1.51. The Labute approximate surface area is 265 Å². The van der Waals surface area contributed by atoms with E-state index in [0.717, 1.165) is 15.2 Å². The monoisotopic (exact) mass is 653 g/mol. The van der Waals surface area contributed by atoms with Crippen LogP contribution >= 0.6 is 24.1 Å². The number of nitrogens with zero attached hydrogens (tertiary/aromatic N) is 1. The van der Waals surface area contributed by atoms with Crippen molar-refractivity contribution in [2.24, 2.45) is 0 Å². The molecule has 0 N–H and O–H groups in total. The number of amides is 2. The van der Waals surface area contributed by atoms with Crippen molar-refractivity contribution in [2.75, 3.05) is 0 Å². The van der Waals surface area contributed by atoms with Gasteiger partial charge in [0.05, 0.1) is 16.1 Å². The minimum absolute atomic E-state index is 0.120. The number of carbonyl (C=O) groups is 2. The molecule has 3 aliphatic rings. The molecule has 2 aromatic carbocycles. The molecule has 3 fully saturated rings. The molecular weight excluding hydrogens is 601 g/mol. The van der Waals surface area contributed by atoms with Crippen LogP contribution < -0.4 is 5.30 Å². The highest BCUT2D eigenvalue weighted by Crippen LogP contribution is 2.56. The van der Waals surface area contributed by atoms with Gasteiger partial charge in [0.25, 0.3) is 0 Å². The normalized spacial score (nSPS) is 18.9. The first-order chi connectivity index (χ1) is 20.1. The second-order valence-corrected chi connectivity index (χ2v) is 17.1. The topological polar surface area (TPSA) is 37.4 Å². The van der Waals surface area contributed by atoms with Gasteiger partial charge in [0.1, 0.15) is 0 Å². The van der Waals surface area contributed by atoms with Crippen LogP contribution in [0.4, 0.5) is 0 Å². The second-order valence-electron chi connectivity index (χ2n) is 13.6. The average molecular weight is 655 g/mol. The third-order valence-electron chi connectivity index (χ3n) is 9.51. The minimum atomic E-state index is -0.144. The van der Waals surface area contributed by atoms with Crippen molar-refractivity contribution < 1.29 is 9.59 Å². The number of hydrogen-bond donors (Lipinski definition) is 0. The maximum Gasteiger partial charge on any atom is 0.239 e. The number of carbonyl (C=O) groups excluding carboxylic acids is 2. The summed E-state index contributed by atoms with van der Waals surface area (Å²) in [6, 6.07) is 14.8. The van der Waals surface area contributed by atoms with Crippen LogP contribution in [-0.2, 0) is 9.59 Å². The van der Waals surface area contributed by atoms with Crippen LogP contribution in [0.15, 0.2) is 36.4 Å². The highest BCUT2D eigenvalue weighted by atomic mass is 79.9. The molecule has 0 spiro atoms. The Morgan fingerprint density at radius 1 is 0.690 bits per heavy atom. The zero-order valence-electron chi connectivity index (χ0n) is 26.9. The van der Waals surface area contributed by atoms with E-state index in [1.54, 1.807) is 27.6 Å². The first kappa shape index (κ1) is 33.4. The summed E-state index contributed by atoms with van der Waals surface area (Å²) in [5.74, 6) is 1.36. The summed E-state index contributed by atoms with van der Waals surface area (Å²) in [4.78, 5) is 20.9. The summed E-state index contributed by atoms with van der Waals surface area (Å²) in [6.45, 7) is 14.3. The molecule has 1 aliphatic heterocycles. The van der Waals surface area contributed by atoms with Gasteiger partial charge in [0.2, 0.25) is 11.8 Å². The van der Waals surface area contributed by atoms with E-state index in [0.29, 0.717) is 30.6 Å². The van der Waals surface area contributed by atoms with Crippen molar-refractivity contribution in [3.05, 3.63) is 53.1 Å². The zero-order chi connectivity index (χ0) is 30.4. The number of rotatable bonds is 7. The quantitative estimate of drug-likeness (QED) is 0.169. The summed E-state index contributed by atoms with van der Waals surface area (Å²) in [5.41, 5.74) is 9.71. The van der Waals surface area contributed by atoms with Crippen molar-refractivity contribution in [1.29, 1.82) is 0 Å². The lowest BCUT2D eigenvalue weighted by atomic mass is 9.82. The molecule has 0 radical (unpaired) electrons. The Morgan fingerprint density at radius 3 is 1.52 bits per heavy atom. The van der Waals surface area contributed by atoms with Gasteiger partial charge in [-0.2, -0.15) is 0 Å². The van der Waals surface area contributed by atoms with Gasteiger partial charge < -0.3 is 0 Å². The third-order valence-corrected chi connectivity index (χ3v) is 13.9. The van der Waals surface area contributed by atoms with E-state index in [1.165, 1.54) is 69.8 Å². The molecule has 230 valence electrons. The number of hydrogen-bond acceptors (Lipinski definition) is 2. The predicted octanol–water partition coefficient (Wildman–Crippen LogP) is 10.9. The van der Waals surface area contributed by atoms with Gasteiger partial charge in [-0.15, -0.1) is 0 Å².